The Bertz CT molecular complexity index is 737. The van der Waals surface area contributed by atoms with Crippen molar-refractivity contribution < 1.29 is 4.79 Å². The van der Waals surface area contributed by atoms with E-state index in [4.69, 9.17) is 0 Å². The molecule has 0 radical (unpaired) electrons. The lowest BCUT2D eigenvalue weighted by Gasteiger charge is -2.55. The standard InChI is InChI=1S/C18H20N4OS/c23-15(14-3-1-2-4-19-14)20-17-22-21-16(24-17)18-8-11-5-12(9-18)7-13(6-11)10-18/h1-4,11-13H,5-10H2,(H,20,22,23). The van der Waals surface area contributed by atoms with Crippen LogP contribution in [0.15, 0.2) is 24.4 Å². The van der Waals surface area contributed by atoms with E-state index in [-0.39, 0.29) is 11.3 Å². The molecule has 0 spiro atoms. The molecular weight excluding hydrogens is 320 g/mol. The summed E-state index contributed by atoms with van der Waals surface area (Å²) in [6, 6.07) is 5.31. The number of carbonyl (C=O) groups is 1. The predicted octanol–water partition coefficient (Wildman–Crippen LogP) is 3.65. The van der Waals surface area contributed by atoms with Gasteiger partial charge in [-0.25, -0.2) is 0 Å². The fraction of sp³-hybridized carbons (Fsp3) is 0.556. The van der Waals surface area contributed by atoms with E-state index in [1.165, 1.54) is 38.5 Å². The lowest BCUT2D eigenvalue weighted by atomic mass is 9.50. The van der Waals surface area contributed by atoms with Crippen molar-refractivity contribution in [3.63, 3.8) is 0 Å². The molecule has 0 unspecified atom stereocenters. The van der Waals surface area contributed by atoms with Crippen molar-refractivity contribution in [2.75, 3.05) is 5.32 Å². The van der Waals surface area contributed by atoms with Gasteiger partial charge in [0.25, 0.3) is 5.91 Å². The van der Waals surface area contributed by atoms with Gasteiger partial charge in [0.2, 0.25) is 5.13 Å². The molecule has 0 atom stereocenters. The average Bonchev–Trinajstić information content (AvgIpc) is 3.04. The molecule has 1 N–H and O–H groups in total. The Morgan fingerprint density at radius 1 is 1.08 bits per heavy atom. The van der Waals surface area contributed by atoms with E-state index in [0.29, 0.717) is 10.8 Å². The van der Waals surface area contributed by atoms with E-state index >= 15 is 0 Å². The molecule has 4 saturated carbocycles. The molecule has 5 nitrogen and oxygen atoms in total. The molecule has 0 saturated heterocycles. The van der Waals surface area contributed by atoms with E-state index in [1.54, 1.807) is 29.7 Å². The molecule has 1 amide bonds. The summed E-state index contributed by atoms with van der Waals surface area (Å²) in [5, 5.41) is 13.3. The molecule has 2 aromatic rings. The summed E-state index contributed by atoms with van der Waals surface area (Å²) >= 11 is 1.56. The second-order valence-corrected chi connectivity index (χ2v) is 8.76. The van der Waals surface area contributed by atoms with Crippen LogP contribution in [0.1, 0.15) is 54.0 Å². The lowest BCUT2D eigenvalue weighted by Crippen LogP contribution is -2.48. The summed E-state index contributed by atoms with van der Waals surface area (Å²) in [6.45, 7) is 0. The highest BCUT2D eigenvalue weighted by Crippen LogP contribution is 2.61. The minimum Gasteiger partial charge on any atom is -0.295 e. The van der Waals surface area contributed by atoms with Crippen LogP contribution in [0.5, 0.6) is 0 Å². The summed E-state index contributed by atoms with van der Waals surface area (Å²) < 4.78 is 0. The topological polar surface area (TPSA) is 67.8 Å². The Hall–Kier alpha value is -1.82. The first-order valence-electron chi connectivity index (χ1n) is 8.76. The van der Waals surface area contributed by atoms with Crippen LogP contribution in [-0.2, 0) is 5.41 Å². The molecule has 6 rings (SSSR count). The van der Waals surface area contributed by atoms with Crippen molar-refractivity contribution in [2.45, 2.75) is 43.9 Å². The molecule has 2 aromatic heterocycles. The number of anilines is 1. The van der Waals surface area contributed by atoms with Gasteiger partial charge in [-0.1, -0.05) is 17.4 Å². The van der Waals surface area contributed by atoms with E-state index < -0.39 is 0 Å². The normalized spacial score (nSPS) is 33.6. The zero-order valence-electron chi connectivity index (χ0n) is 13.4. The van der Waals surface area contributed by atoms with Crippen LogP contribution in [0.4, 0.5) is 5.13 Å². The van der Waals surface area contributed by atoms with Crippen molar-refractivity contribution in [3.05, 3.63) is 35.1 Å². The second-order valence-electron chi connectivity index (χ2n) is 7.78. The molecule has 124 valence electrons. The Labute approximate surface area is 144 Å². The maximum absolute atomic E-state index is 12.2. The molecule has 4 bridgehead atoms. The van der Waals surface area contributed by atoms with Gasteiger partial charge in [-0.05, 0) is 68.4 Å². The van der Waals surface area contributed by atoms with Gasteiger partial charge in [0.05, 0.1) is 0 Å². The number of carbonyl (C=O) groups excluding carboxylic acids is 1. The van der Waals surface area contributed by atoms with Crippen molar-refractivity contribution in [3.8, 4) is 0 Å². The van der Waals surface area contributed by atoms with E-state index in [0.717, 1.165) is 22.8 Å². The fourth-order valence-electron chi connectivity index (χ4n) is 5.52. The van der Waals surface area contributed by atoms with E-state index in [2.05, 4.69) is 20.5 Å². The van der Waals surface area contributed by atoms with Gasteiger partial charge < -0.3 is 0 Å². The van der Waals surface area contributed by atoms with Crippen molar-refractivity contribution in [1.29, 1.82) is 0 Å². The van der Waals surface area contributed by atoms with Crippen molar-refractivity contribution in [1.82, 2.24) is 15.2 Å². The molecule has 2 heterocycles. The zero-order valence-corrected chi connectivity index (χ0v) is 14.3. The Balaban J connectivity index is 1.37. The van der Waals surface area contributed by atoms with Gasteiger partial charge in [0, 0.05) is 11.6 Å². The zero-order chi connectivity index (χ0) is 16.1. The number of nitrogens with zero attached hydrogens (tertiary/aromatic N) is 3. The minimum atomic E-state index is -0.219. The summed E-state index contributed by atoms with van der Waals surface area (Å²) in [6.07, 6.45) is 9.67. The molecule has 0 aliphatic heterocycles. The summed E-state index contributed by atoms with van der Waals surface area (Å²) in [4.78, 5) is 16.3. The largest absolute Gasteiger partial charge is 0.295 e. The number of hydrogen-bond acceptors (Lipinski definition) is 5. The third-order valence-corrected chi connectivity index (χ3v) is 7.12. The van der Waals surface area contributed by atoms with Crippen LogP contribution in [-0.4, -0.2) is 21.1 Å². The highest BCUT2D eigenvalue weighted by molar-refractivity contribution is 7.15. The first-order chi connectivity index (χ1) is 11.7. The van der Waals surface area contributed by atoms with Gasteiger partial charge in [-0.15, -0.1) is 10.2 Å². The van der Waals surface area contributed by atoms with Crippen LogP contribution in [0.3, 0.4) is 0 Å². The number of amides is 1. The number of rotatable bonds is 3. The number of nitrogens with one attached hydrogen (secondary N) is 1. The predicted molar refractivity (Wildman–Crippen MR) is 91.9 cm³/mol. The van der Waals surface area contributed by atoms with E-state index in [9.17, 15) is 4.79 Å². The Kier molecular flexibility index (Phi) is 3.23. The third kappa shape index (κ3) is 2.35. The maximum atomic E-state index is 12.2. The Morgan fingerprint density at radius 2 is 1.79 bits per heavy atom. The lowest BCUT2D eigenvalue weighted by molar-refractivity contribution is -0.00555. The minimum absolute atomic E-state index is 0.219. The highest BCUT2D eigenvalue weighted by atomic mass is 32.1. The Morgan fingerprint density at radius 3 is 2.42 bits per heavy atom. The van der Waals surface area contributed by atoms with Gasteiger partial charge in [-0.3, -0.25) is 15.1 Å². The average molecular weight is 340 g/mol. The smallest absolute Gasteiger partial charge is 0.276 e. The maximum Gasteiger partial charge on any atom is 0.276 e. The van der Waals surface area contributed by atoms with E-state index in [1.807, 2.05) is 6.07 Å². The fourth-order valence-corrected chi connectivity index (χ4v) is 6.48. The first kappa shape index (κ1) is 14.5. The second kappa shape index (κ2) is 5.34. The summed E-state index contributed by atoms with van der Waals surface area (Å²) in [5.41, 5.74) is 0.643. The third-order valence-electron chi connectivity index (χ3n) is 6.03. The SMILES string of the molecule is O=C(Nc1nnc(C23CC4CC(CC(C4)C2)C3)s1)c1ccccn1. The molecular formula is C18H20N4OS. The van der Waals surface area contributed by atoms with Gasteiger partial charge in [0.1, 0.15) is 10.7 Å². The van der Waals surface area contributed by atoms with Crippen LogP contribution in [0.2, 0.25) is 0 Å². The molecule has 6 heteroatoms. The number of aromatic nitrogens is 3. The highest BCUT2D eigenvalue weighted by Gasteiger charge is 2.53. The van der Waals surface area contributed by atoms with Crippen LogP contribution >= 0.6 is 11.3 Å². The quantitative estimate of drug-likeness (QED) is 0.926. The molecule has 0 aromatic carbocycles. The monoisotopic (exact) mass is 340 g/mol. The summed E-state index contributed by atoms with van der Waals surface area (Å²) in [7, 11) is 0. The molecule has 4 aliphatic carbocycles. The number of pyridine rings is 1. The first-order valence-corrected chi connectivity index (χ1v) is 9.58. The van der Waals surface area contributed by atoms with Crippen LogP contribution < -0.4 is 5.32 Å². The molecule has 4 aliphatic rings. The van der Waals surface area contributed by atoms with Gasteiger partial charge >= 0.3 is 0 Å². The van der Waals surface area contributed by atoms with Crippen LogP contribution in [0.25, 0.3) is 0 Å². The molecule has 24 heavy (non-hydrogen) atoms. The van der Waals surface area contributed by atoms with Crippen LogP contribution in [0, 0.1) is 17.8 Å². The number of hydrogen-bond donors (Lipinski definition) is 1. The van der Waals surface area contributed by atoms with Gasteiger partial charge in [-0.2, -0.15) is 0 Å². The van der Waals surface area contributed by atoms with Crippen molar-refractivity contribution in [2.24, 2.45) is 17.8 Å². The summed E-state index contributed by atoms with van der Waals surface area (Å²) in [5.74, 6) is 2.42. The van der Waals surface area contributed by atoms with Gasteiger partial charge in [0.15, 0.2) is 0 Å². The molecule has 4 fully saturated rings. The van der Waals surface area contributed by atoms with Crippen molar-refractivity contribution >= 4 is 22.4 Å².